The molecule has 0 spiro atoms. The van der Waals surface area contributed by atoms with Crippen LogP contribution in [0.15, 0.2) is 36.7 Å². The molecular formula is C13H14N4O2. The monoisotopic (exact) mass is 258 g/mol. The van der Waals surface area contributed by atoms with Gasteiger partial charge in [-0.1, -0.05) is 12.1 Å². The number of para-hydroxylation sites is 2. The van der Waals surface area contributed by atoms with Gasteiger partial charge in [0.15, 0.2) is 0 Å². The van der Waals surface area contributed by atoms with Crippen molar-refractivity contribution in [2.75, 3.05) is 24.8 Å². The molecule has 0 aliphatic carbocycles. The minimum Gasteiger partial charge on any atom is -0.495 e. The summed E-state index contributed by atoms with van der Waals surface area (Å²) in [6, 6.07) is 7.25. The molecule has 1 aromatic carbocycles. The highest BCUT2D eigenvalue weighted by Crippen LogP contribution is 2.27. The maximum absolute atomic E-state index is 12.3. The third kappa shape index (κ3) is 2.62. The van der Waals surface area contributed by atoms with Crippen LogP contribution in [0.1, 0.15) is 10.5 Å². The zero-order valence-electron chi connectivity index (χ0n) is 10.7. The van der Waals surface area contributed by atoms with Crippen molar-refractivity contribution in [3.8, 4) is 5.75 Å². The SMILES string of the molecule is COc1ccccc1N(C)C(=O)c1cnc(N)cn1. The molecule has 1 amide bonds. The summed E-state index contributed by atoms with van der Waals surface area (Å²) in [4.78, 5) is 21.5. The molecule has 0 bridgehead atoms. The van der Waals surface area contributed by atoms with Crippen molar-refractivity contribution in [2.24, 2.45) is 0 Å². The van der Waals surface area contributed by atoms with Crippen LogP contribution in [0.5, 0.6) is 5.75 Å². The van der Waals surface area contributed by atoms with E-state index in [1.165, 1.54) is 17.3 Å². The van der Waals surface area contributed by atoms with E-state index >= 15 is 0 Å². The summed E-state index contributed by atoms with van der Waals surface area (Å²) in [5, 5.41) is 0. The van der Waals surface area contributed by atoms with Crippen molar-refractivity contribution in [1.29, 1.82) is 0 Å². The number of carbonyl (C=O) groups excluding carboxylic acids is 1. The number of hydrogen-bond acceptors (Lipinski definition) is 5. The first-order valence-electron chi connectivity index (χ1n) is 5.62. The third-order valence-corrected chi connectivity index (χ3v) is 2.64. The largest absolute Gasteiger partial charge is 0.495 e. The number of nitrogens with two attached hydrogens (primary N) is 1. The average molecular weight is 258 g/mol. The van der Waals surface area contributed by atoms with Gasteiger partial charge in [0.25, 0.3) is 5.91 Å². The number of rotatable bonds is 3. The predicted octanol–water partition coefficient (Wildman–Crippen LogP) is 1.34. The molecule has 2 aromatic rings. The lowest BCUT2D eigenvalue weighted by Gasteiger charge is -2.19. The molecule has 1 heterocycles. The van der Waals surface area contributed by atoms with E-state index in [2.05, 4.69) is 9.97 Å². The van der Waals surface area contributed by atoms with Crippen LogP contribution in [0.25, 0.3) is 0 Å². The van der Waals surface area contributed by atoms with E-state index in [0.717, 1.165) is 0 Å². The Bertz CT molecular complexity index is 583. The van der Waals surface area contributed by atoms with Gasteiger partial charge >= 0.3 is 0 Å². The van der Waals surface area contributed by atoms with E-state index in [0.29, 0.717) is 11.4 Å². The Kier molecular flexibility index (Phi) is 3.61. The summed E-state index contributed by atoms with van der Waals surface area (Å²) >= 11 is 0. The summed E-state index contributed by atoms with van der Waals surface area (Å²) < 4.78 is 5.22. The third-order valence-electron chi connectivity index (χ3n) is 2.64. The molecule has 2 rings (SSSR count). The van der Waals surface area contributed by atoms with Crippen molar-refractivity contribution >= 4 is 17.4 Å². The Hall–Kier alpha value is -2.63. The fourth-order valence-electron chi connectivity index (χ4n) is 1.64. The van der Waals surface area contributed by atoms with Gasteiger partial charge in [-0.25, -0.2) is 9.97 Å². The van der Waals surface area contributed by atoms with Gasteiger partial charge in [-0.2, -0.15) is 0 Å². The Balaban J connectivity index is 2.30. The summed E-state index contributed by atoms with van der Waals surface area (Å²) in [5.74, 6) is 0.607. The van der Waals surface area contributed by atoms with Crippen LogP contribution < -0.4 is 15.4 Å². The van der Waals surface area contributed by atoms with E-state index < -0.39 is 0 Å². The van der Waals surface area contributed by atoms with Gasteiger partial charge in [-0.3, -0.25) is 4.79 Å². The number of nitrogens with zero attached hydrogens (tertiary/aromatic N) is 3. The van der Waals surface area contributed by atoms with Crippen LogP contribution in [0, 0.1) is 0 Å². The van der Waals surface area contributed by atoms with E-state index in [-0.39, 0.29) is 17.4 Å². The lowest BCUT2D eigenvalue weighted by molar-refractivity contribution is 0.0987. The second-order valence-corrected chi connectivity index (χ2v) is 3.86. The number of anilines is 2. The zero-order valence-corrected chi connectivity index (χ0v) is 10.7. The molecule has 0 atom stereocenters. The fourth-order valence-corrected chi connectivity index (χ4v) is 1.64. The molecule has 1 aromatic heterocycles. The number of aromatic nitrogens is 2. The van der Waals surface area contributed by atoms with Gasteiger partial charge in [0.1, 0.15) is 17.3 Å². The second-order valence-electron chi connectivity index (χ2n) is 3.86. The van der Waals surface area contributed by atoms with Crippen molar-refractivity contribution in [3.05, 3.63) is 42.4 Å². The standard InChI is InChI=1S/C13H14N4O2/c1-17(10-5-3-4-6-11(10)19-2)13(18)9-7-16-12(14)8-15-9/h3-8H,1-2H3,(H2,14,16). The first kappa shape index (κ1) is 12.8. The minimum atomic E-state index is -0.281. The molecule has 0 saturated heterocycles. The molecule has 0 fully saturated rings. The molecule has 0 aliphatic heterocycles. The van der Waals surface area contributed by atoms with E-state index in [4.69, 9.17) is 10.5 Å². The highest BCUT2D eigenvalue weighted by Gasteiger charge is 2.17. The quantitative estimate of drug-likeness (QED) is 0.898. The molecule has 0 unspecified atom stereocenters. The average Bonchev–Trinajstić information content (AvgIpc) is 2.46. The van der Waals surface area contributed by atoms with Gasteiger partial charge in [0.2, 0.25) is 0 Å². The van der Waals surface area contributed by atoms with E-state index in [9.17, 15) is 4.79 Å². The lowest BCUT2D eigenvalue weighted by Crippen LogP contribution is -2.27. The van der Waals surface area contributed by atoms with Crippen molar-refractivity contribution < 1.29 is 9.53 Å². The van der Waals surface area contributed by atoms with E-state index in [1.807, 2.05) is 12.1 Å². The van der Waals surface area contributed by atoms with Crippen LogP contribution >= 0.6 is 0 Å². The Morgan fingerprint density at radius 2 is 2.00 bits per heavy atom. The van der Waals surface area contributed by atoms with Gasteiger partial charge in [0.05, 0.1) is 25.2 Å². The molecule has 0 radical (unpaired) electrons. The molecule has 98 valence electrons. The number of amides is 1. The van der Waals surface area contributed by atoms with Gasteiger partial charge in [0, 0.05) is 7.05 Å². The fraction of sp³-hybridized carbons (Fsp3) is 0.154. The zero-order chi connectivity index (χ0) is 13.8. The van der Waals surface area contributed by atoms with Crippen molar-refractivity contribution in [1.82, 2.24) is 9.97 Å². The molecular weight excluding hydrogens is 244 g/mol. The highest BCUT2D eigenvalue weighted by atomic mass is 16.5. The smallest absolute Gasteiger partial charge is 0.278 e. The maximum Gasteiger partial charge on any atom is 0.278 e. The summed E-state index contributed by atoms with van der Waals surface area (Å²) in [6.45, 7) is 0. The number of carbonyl (C=O) groups is 1. The number of hydrogen-bond donors (Lipinski definition) is 1. The Morgan fingerprint density at radius 1 is 1.26 bits per heavy atom. The molecule has 6 nitrogen and oxygen atoms in total. The number of ether oxygens (including phenoxy) is 1. The van der Waals surface area contributed by atoms with Crippen LogP contribution in [-0.4, -0.2) is 30.0 Å². The molecule has 2 N–H and O–H groups in total. The molecule has 0 saturated carbocycles. The van der Waals surface area contributed by atoms with Crippen LogP contribution in [0.2, 0.25) is 0 Å². The topological polar surface area (TPSA) is 81.3 Å². The Labute approximate surface area is 110 Å². The summed E-state index contributed by atoms with van der Waals surface area (Å²) in [5.41, 5.74) is 6.33. The van der Waals surface area contributed by atoms with Crippen molar-refractivity contribution in [2.45, 2.75) is 0 Å². The summed E-state index contributed by atoms with van der Waals surface area (Å²) in [6.07, 6.45) is 2.70. The normalized spacial score (nSPS) is 10.0. The maximum atomic E-state index is 12.3. The number of nitrogen functional groups attached to an aromatic ring is 1. The van der Waals surface area contributed by atoms with Crippen LogP contribution in [0.3, 0.4) is 0 Å². The van der Waals surface area contributed by atoms with Gasteiger partial charge < -0.3 is 15.4 Å². The first-order chi connectivity index (χ1) is 9.13. The van der Waals surface area contributed by atoms with E-state index in [1.54, 1.807) is 26.3 Å². The number of benzene rings is 1. The minimum absolute atomic E-state index is 0.225. The Morgan fingerprint density at radius 3 is 2.63 bits per heavy atom. The van der Waals surface area contributed by atoms with Crippen LogP contribution in [-0.2, 0) is 0 Å². The van der Waals surface area contributed by atoms with Gasteiger partial charge in [-0.15, -0.1) is 0 Å². The molecule has 6 heteroatoms. The van der Waals surface area contributed by atoms with Gasteiger partial charge in [-0.05, 0) is 12.1 Å². The molecule has 0 aliphatic rings. The number of methoxy groups -OCH3 is 1. The summed E-state index contributed by atoms with van der Waals surface area (Å²) in [7, 11) is 3.21. The lowest BCUT2D eigenvalue weighted by atomic mass is 10.2. The predicted molar refractivity (Wildman–Crippen MR) is 72.2 cm³/mol. The highest BCUT2D eigenvalue weighted by molar-refractivity contribution is 6.05. The van der Waals surface area contributed by atoms with Crippen LogP contribution in [0.4, 0.5) is 11.5 Å². The first-order valence-corrected chi connectivity index (χ1v) is 5.62. The van der Waals surface area contributed by atoms with Crippen molar-refractivity contribution in [3.63, 3.8) is 0 Å². The molecule has 19 heavy (non-hydrogen) atoms. The second kappa shape index (κ2) is 5.34.